The van der Waals surface area contributed by atoms with Gasteiger partial charge in [0.1, 0.15) is 12.6 Å². The molecule has 2 N–H and O–H groups in total. The molecule has 2 aromatic heterocycles. The fourth-order valence-corrected chi connectivity index (χ4v) is 1.57. The number of nitrogens with zero attached hydrogens (tertiary/aromatic N) is 4. The molecule has 2 aromatic rings. The van der Waals surface area contributed by atoms with Gasteiger partial charge in [0, 0.05) is 0 Å². The molecular formula is C12H13N5O4. The van der Waals surface area contributed by atoms with E-state index in [1.807, 2.05) is 0 Å². The zero-order valence-corrected chi connectivity index (χ0v) is 11.0. The first-order chi connectivity index (χ1) is 10.1. The number of aliphatic carboxylic acids is 1. The van der Waals surface area contributed by atoms with E-state index in [1.54, 1.807) is 12.1 Å². The minimum absolute atomic E-state index is 0.128. The Hall–Kier alpha value is -2.97. The van der Waals surface area contributed by atoms with Gasteiger partial charge in [0.2, 0.25) is 11.7 Å². The third-order valence-electron chi connectivity index (χ3n) is 2.52. The number of nitrogens with one attached hydrogen (secondary N) is 1. The predicted octanol–water partition coefficient (Wildman–Crippen LogP) is 0.0786. The second kappa shape index (κ2) is 6.46. The topological polar surface area (TPSA) is 123 Å². The van der Waals surface area contributed by atoms with Gasteiger partial charge in [-0.15, -0.1) is 16.8 Å². The lowest BCUT2D eigenvalue weighted by Gasteiger charge is -2.11. The van der Waals surface area contributed by atoms with Crippen molar-refractivity contribution >= 4 is 11.9 Å². The van der Waals surface area contributed by atoms with E-state index in [4.69, 9.17) is 9.52 Å². The van der Waals surface area contributed by atoms with Crippen LogP contribution in [0.3, 0.4) is 0 Å². The van der Waals surface area contributed by atoms with Crippen LogP contribution in [0.2, 0.25) is 0 Å². The molecule has 0 radical (unpaired) electrons. The number of rotatable bonds is 7. The number of carbonyl (C=O) groups excluding carboxylic acids is 1. The van der Waals surface area contributed by atoms with Crippen LogP contribution in [0.1, 0.15) is 6.42 Å². The van der Waals surface area contributed by atoms with Gasteiger partial charge in [-0.3, -0.25) is 4.79 Å². The molecule has 1 amide bonds. The van der Waals surface area contributed by atoms with Gasteiger partial charge in [0.25, 0.3) is 0 Å². The first-order valence-corrected chi connectivity index (χ1v) is 6.05. The predicted molar refractivity (Wildman–Crippen MR) is 69.9 cm³/mol. The minimum Gasteiger partial charge on any atom is -0.480 e. The van der Waals surface area contributed by atoms with E-state index in [2.05, 4.69) is 27.3 Å². The standard InChI is InChI=1S/C12H13N5O4/c1-2-4-8(12(19)20)13-10(18)7-17-15-11(14-16-17)9-5-3-6-21-9/h2-3,5-6,8H,1,4,7H2,(H,13,18)(H,19,20). The molecule has 0 aliphatic carbocycles. The third kappa shape index (κ3) is 3.75. The highest BCUT2D eigenvalue weighted by Gasteiger charge is 2.19. The molecule has 0 spiro atoms. The van der Waals surface area contributed by atoms with Crippen molar-refractivity contribution in [3.05, 3.63) is 31.1 Å². The monoisotopic (exact) mass is 291 g/mol. The summed E-state index contributed by atoms with van der Waals surface area (Å²) in [5.41, 5.74) is 0. The van der Waals surface area contributed by atoms with E-state index in [0.29, 0.717) is 5.76 Å². The maximum Gasteiger partial charge on any atom is 0.326 e. The summed E-state index contributed by atoms with van der Waals surface area (Å²) in [6.45, 7) is 3.20. The molecule has 0 saturated carbocycles. The summed E-state index contributed by atoms with van der Waals surface area (Å²) >= 11 is 0. The van der Waals surface area contributed by atoms with E-state index in [9.17, 15) is 9.59 Å². The summed E-state index contributed by atoms with van der Waals surface area (Å²) < 4.78 is 5.10. The Kier molecular flexibility index (Phi) is 4.44. The van der Waals surface area contributed by atoms with Crippen LogP contribution in [0.4, 0.5) is 0 Å². The van der Waals surface area contributed by atoms with Gasteiger partial charge in [0.05, 0.1) is 6.26 Å². The Bertz CT molecular complexity index is 634. The van der Waals surface area contributed by atoms with Crippen LogP contribution in [0, 0.1) is 0 Å². The lowest BCUT2D eigenvalue weighted by Crippen LogP contribution is -2.42. The maximum absolute atomic E-state index is 11.7. The van der Waals surface area contributed by atoms with Gasteiger partial charge in [0.15, 0.2) is 5.76 Å². The number of carboxylic acids is 1. The Morgan fingerprint density at radius 2 is 2.38 bits per heavy atom. The molecule has 0 aliphatic heterocycles. The number of hydrogen-bond donors (Lipinski definition) is 2. The number of amides is 1. The third-order valence-corrected chi connectivity index (χ3v) is 2.52. The number of carbonyl (C=O) groups is 2. The Balaban J connectivity index is 1.96. The van der Waals surface area contributed by atoms with Crippen molar-refractivity contribution in [2.75, 3.05) is 0 Å². The number of carboxylic acid groups (broad SMARTS) is 1. The summed E-state index contributed by atoms with van der Waals surface area (Å²) in [5.74, 6) is -0.996. The van der Waals surface area contributed by atoms with Crippen LogP contribution in [0.25, 0.3) is 11.6 Å². The van der Waals surface area contributed by atoms with Crippen LogP contribution in [-0.4, -0.2) is 43.2 Å². The normalized spacial score (nSPS) is 11.8. The Morgan fingerprint density at radius 3 is 3.00 bits per heavy atom. The largest absolute Gasteiger partial charge is 0.480 e. The van der Waals surface area contributed by atoms with Crippen molar-refractivity contribution in [2.24, 2.45) is 0 Å². The number of tetrazole rings is 1. The zero-order valence-electron chi connectivity index (χ0n) is 11.0. The van der Waals surface area contributed by atoms with E-state index in [0.717, 1.165) is 4.80 Å². The van der Waals surface area contributed by atoms with Gasteiger partial charge in [-0.2, -0.15) is 4.80 Å². The molecule has 1 atom stereocenters. The van der Waals surface area contributed by atoms with Gasteiger partial charge in [-0.25, -0.2) is 4.79 Å². The van der Waals surface area contributed by atoms with Crippen LogP contribution >= 0.6 is 0 Å². The molecule has 0 fully saturated rings. The fraction of sp³-hybridized carbons (Fsp3) is 0.250. The van der Waals surface area contributed by atoms with Gasteiger partial charge in [-0.1, -0.05) is 6.08 Å². The molecule has 1 unspecified atom stereocenters. The molecule has 0 bridgehead atoms. The molecule has 0 saturated heterocycles. The van der Waals surface area contributed by atoms with Crippen molar-refractivity contribution in [1.82, 2.24) is 25.5 Å². The quantitative estimate of drug-likeness (QED) is 0.692. The van der Waals surface area contributed by atoms with Crippen LogP contribution < -0.4 is 5.32 Å². The highest BCUT2D eigenvalue weighted by atomic mass is 16.4. The summed E-state index contributed by atoms with van der Waals surface area (Å²) in [6, 6.07) is 2.31. The second-order valence-corrected chi connectivity index (χ2v) is 4.10. The van der Waals surface area contributed by atoms with Crippen LogP contribution in [0.5, 0.6) is 0 Å². The summed E-state index contributed by atoms with van der Waals surface area (Å²) in [5, 5.41) is 22.7. The van der Waals surface area contributed by atoms with Crippen LogP contribution in [-0.2, 0) is 16.1 Å². The van der Waals surface area contributed by atoms with Gasteiger partial charge < -0.3 is 14.8 Å². The maximum atomic E-state index is 11.7. The van der Waals surface area contributed by atoms with E-state index in [-0.39, 0.29) is 18.8 Å². The molecule has 9 heteroatoms. The SMILES string of the molecule is C=CCC(NC(=O)Cn1nnc(-c2ccco2)n1)C(=O)O. The molecule has 2 heterocycles. The van der Waals surface area contributed by atoms with E-state index < -0.39 is 17.9 Å². The average Bonchev–Trinajstić information content (AvgIpc) is 3.08. The average molecular weight is 291 g/mol. The number of aromatic nitrogens is 4. The first kappa shape index (κ1) is 14.4. The smallest absolute Gasteiger partial charge is 0.326 e. The molecule has 0 aliphatic rings. The summed E-state index contributed by atoms with van der Waals surface area (Å²) in [7, 11) is 0. The van der Waals surface area contributed by atoms with Gasteiger partial charge >= 0.3 is 5.97 Å². The van der Waals surface area contributed by atoms with E-state index in [1.165, 1.54) is 12.3 Å². The number of hydrogen-bond acceptors (Lipinski definition) is 6. The van der Waals surface area contributed by atoms with Crippen molar-refractivity contribution in [3.8, 4) is 11.6 Å². The molecule has 110 valence electrons. The minimum atomic E-state index is -1.13. The number of furan rings is 1. The van der Waals surface area contributed by atoms with Crippen molar-refractivity contribution in [3.63, 3.8) is 0 Å². The first-order valence-electron chi connectivity index (χ1n) is 6.05. The molecule has 9 nitrogen and oxygen atoms in total. The highest BCUT2D eigenvalue weighted by molar-refractivity contribution is 5.83. The van der Waals surface area contributed by atoms with Crippen molar-refractivity contribution in [2.45, 2.75) is 19.0 Å². The molecule has 0 aromatic carbocycles. The molecular weight excluding hydrogens is 278 g/mol. The van der Waals surface area contributed by atoms with Crippen molar-refractivity contribution in [1.29, 1.82) is 0 Å². The zero-order chi connectivity index (χ0) is 15.2. The summed E-state index contributed by atoms with van der Waals surface area (Å²) in [6.07, 6.45) is 3.01. The molecule has 2 rings (SSSR count). The fourth-order valence-electron chi connectivity index (χ4n) is 1.57. The van der Waals surface area contributed by atoms with E-state index >= 15 is 0 Å². The summed E-state index contributed by atoms with van der Waals surface area (Å²) in [4.78, 5) is 23.7. The lowest BCUT2D eigenvalue weighted by atomic mass is 10.2. The Labute approximate surface area is 119 Å². The van der Waals surface area contributed by atoms with Crippen LogP contribution in [0.15, 0.2) is 35.5 Å². The van der Waals surface area contributed by atoms with Crippen molar-refractivity contribution < 1.29 is 19.1 Å². The second-order valence-electron chi connectivity index (χ2n) is 4.10. The van der Waals surface area contributed by atoms with Gasteiger partial charge in [-0.05, 0) is 23.8 Å². The highest BCUT2D eigenvalue weighted by Crippen LogP contribution is 2.12. The lowest BCUT2D eigenvalue weighted by molar-refractivity contribution is -0.141. The Morgan fingerprint density at radius 1 is 1.57 bits per heavy atom. The molecule has 21 heavy (non-hydrogen) atoms.